The summed E-state index contributed by atoms with van der Waals surface area (Å²) in [5.41, 5.74) is 2.04. The molecular weight excluding hydrogens is 360 g/mol. The van der Waals surface area contributed by atoms with E-state index in [0.717, 1.165) is 42.8 Å². The Morgan fingerprint density at radius 1 is 0.963 bits per heavy atom. The first-order chi connectivity index (χ1) is 13.1. The molecule has 146 valence electrons. The van der Waals surface area contributed by atoms with Crippen molar-refractivity contribution < 1.29 is 13.2 Å². The highest BCUT2D eigenvalue weighted by atomic mass is 32.2. The molecule has 0 spiro atoms. The minimum absolute atomic E-state index is 0.0253. The average molecular weight is 389 g/mol. The van der Waals surface area contributed by atoms with E-state index < -0.39 is 10.0 Å². The molecule has 2 N–H and O–H groups in total. The first-order valence-corrected chi connectivity index (χ1v) is 11.3. The molecule has 0 aliphatic heterocycles. The highest BCUT2D eigenvalue weighted by molar-refractivity contribution is 7.89. The van der Waals surface area contributed by atoms with Gasteiger partial charge in [-0.05, 0) is 56.2 Å². The van der Waals surface area contributed by atoms with Crippen molar-refractivity contribution in [1.29, 1.82) is 0 Å². The van der Waals surface area contributed by atoms with Crippen molar-refractivity contribution in [3.8, 4) is 5.75 Å². The second-order valence-corrected chi connectivity index (χ2v) is 9.04. The zero-order valence-corrected chi connectivity index (χ0v) is 16.5. The molecule has 2 aromatic rings. The van der Waals surface area contributed by atoms with Crippen molar-refractivity contribution in [3.05, 3.63) is 54.6 Å². The fourth-order valence-electron chi connectivity index (χ4n) is 3.40. The van der Waals surface area contributed by atoms with E-state index in [1.54, 1.807) is 6.92 Å². The van der Waals surface area contributed by atoms with Gasteiger partial charge in [0.05, 0.1) is 12.4 Å². The van der Waals surface area contributed by atoms with Crippen LogP contribution in [0.3, 0.4) is 0 Å². The van der Waals surface area contributed by atoms with Crippen LogP contribution in [0.1, 0.15) is 32.6 Å². The van der Waals surface area contributed by atoms with Crippen LogP contribution in [-0.4, -0.2) is 26.8 Å². The molecule has 27 heavy (non-hydrogen) atoms. The zero-order valence-electron chi connectivity index (χ0n) is 15.7. The molecular formula is C21H28N2O3S. The lowest BCUT2D eigenvalue weighted by molar-refractivity contribution is 0.180. The monoisotopic (exact) mass is 388 g/mol. The predicted molar refractivity (Wildman–Crippen MR) is 110 cm³/mol. The van der Waals surface area contributed by atoms with Crippen LogP contribution in [0.5, 0.6) is 5.75 Å². The summed E-state index contributed by atoms with van der Waals surface area (Å²) in [6.07, 6.45) is 4.06. The lowest BCUT2D eigenvalue weighted by Gasteiger charge is -2.31. The second-order valence-electron chi connectivity index (χ2n) is 7.00. The Labute approximate surface area is 162 Å². The Balaban J connectivity index is 1.55. The third-order valence-electron chi connectivity index (χ3n) is 5.00. The molecule has 0 aromatic heterocycles. The van der Waals surface area contributed by atoms with Crippen LogP contribution in [-0.2, 0) is 10.0 Å². The topological polar surface area (TPSA) is 67.4 Å². The van der Waals surface area contributed by atoms with Crippen molar-refractivity contribution in [2.24, 2.45) is 5.92 Å². The maximum Gasteiger partial charge on any atom is 0.211 e. The second kappa shape index (κ2) is 9.24. The number of benzene rings is 2. The van der Waals surface area contributed by atoms with E-state index in [9.17, 15) is 8.42 Å². The Bertz CT molecular complexity index is 807. The average Bonchev–Trinajstić information content (AvgIpc) is 2.69. The van der Waals surface area contributed by atoms with Gasteiger partial charge in [-0.25, -0.2) is 13.1 Å². The van der Waals surface area contributed by atoms with Crippen molar-refractivity contribution in [1.82, 2.24) is 4.72 Å². The van der Waals surface area contributed by atoms with E-state index >= 15 is 0 Å². The molecule has 3 rings (SSSR count). The van der Waals surface area contributed by atoms with E-state index in [2.05, 4.69) is 10.0 Å². The summed E-state index contributed by atoms with van der Waals surface area (Å²) in [5.74, 6) is 1.13. The Kier molecular flexibility index (Phi) is 6.74. The van der Waals surface area contributed by atoms with Gasteiger partial charge in [-0.15, -0.1) is 0 Å². The quantitative estimate of drug-likeness (QED) is 0.707. The van der Waals surface area contributed by atoms with E-state index in [1.807, 2.05) is 54.6 Å². The van der Waals surface area contributed by atoms with Crippen molar-refractivity contribution in [2.45, 2.75) is 38.6 Å². The molecule has 5 nitrogen and oxygen atoms in total. The van der Waals surface area contributed by atoms with Crippen molar-refractivity contribution in [3.63, 3.8) is 0 Å². The van der Waals surface area contributed by atoms with E-state index in [4.69, 9.17) is 4.74 Å². The largest absolute Gasteiger partial charge is 0.493 e. The lowest BCUT2D eigenvalue weighted by Crippen LogP contribution is -2.44. The predicted octanol–water partition coefficient (Wildman–Crippen LogP) is 4.31. The van der Waals surface area contributed by atoms with Crippen LogP contribution in [0, 0.1) is 5.92 Å². The Hall–Kier alpha value is -2.05. The molecule has 0 amide bonds. The lowest BCUT2D eigenvalue weighted by atomic mass is 9.86. The molecule has 0 radical (unpaired) electrons. The maximum absolute atomic E-state index is 11.9. The molecule has 1 fully saturated rings. The molecule has 2 aromatic carbocycles. The number of nitrogens with one attached hydrogen (secondary N) is 2. The molecule has 1 saturated carbocycles. The highest BCUT2D eigenvalue weighted by Gasteiger charge is 2.28. The number of ether oxygens (including phenoxy) is 1. The minimum Gasteiger partial charge on any atom is -0.493 e. The minimum atomic E-state index is -3.18. The summed E-state index contributed by atoms with van der Waals surface area (Å²) in [4.78, 5) is 0. The van der Waals surface area contributed by atoms with E-state index in [1.165, 1.54) is 0 Å². The molecule has 1 aliphatic rings. The fraction of sp³-hybridized carbons (Fsp3) is 0.429. The number of hydrogen-bond acceptors (Lipinski definition) is 4. The third kappa shape index (κ3) is 5.97. The Morgan fingerprint density at radius 2 is 1.63 bits per heavy atom. The van der Waals surface area contributed by atoms with Gasteiger partial charge in [0, 0.05) is 23.3 Å². The normalized spacial score (nSPS) is 20.2. The first kappa shape index (κ1) is 19.7. The summed E-state index contributed by atoms with van der Waals surface area (Å²) < 4.78 is 32.6. The van der Waals surface area contributed by atoms with Crippen LogP contribution < -0.4 is 14.8 Å². The van der Waals surface area contributed by atoms with Crippen LogP contribution in [0.2, 0.25) is 0 Å². The van der Waals surface area contributed by atoms with Gasteiger partial charge in [-0.1, -0.05) is 31.0 Å². The van der Waals surface area contributed by atoms with E-state index in [0.29, 0.717) is 6.61 Å². The summed E-state index contributed by atoms with van der Waals surface area (Å²) >= 11 is 0. The molecule has 0 saturated heterocycles. The van der Waals surface area contributed by atoms with Crippen LogP contribution in [0.15, 0.2) is 54.6 Å². The van der Waals surface area contributed by atoms with Gasteiger partial charge < -0.3 is 10.1 Å². The summed E-state index contributed by atoms with van der Waals surface area (Å²) in [6, 6.07) is 17.8. The number of rotatable bonds is 8. The van der Waals surface area contributed by atoms with Gasteiger partial charge >= 0.3 is 0 Å². The summed E-state index contributed by atoms with van der Waals surface area (Å²) in [5, 5.41) is 3.34. The SMILES string of the molecule is CCS(=O)(=O)N[C@@H]1CCCC[C@H]1COc1ccc(Nc2ccccc2)cc1. The van der Waals surface area contributed by atoms with Crippen LogP contribution in [0.25, 0.3) is 0 Å². The van der Waals surface area contributed by atoms with Gasteiger partial charge in [-0.3, -0.25) is 0 Å². The zero-order chi connectivity index (χ0) is 19.1. The standard InChI is InChI=1S/C21H28N2O3S/c1-2-27(24,25)23-21-11-7-6-8-17(21)16-26-20-14-12-19(13-15-20)22-18-9-4-3-5-10-18/h3-5,9-10,12-15,17,21-23H,2,6-8,11,16H2,1H3/t17-,21+/m0/s1. The van der Waals surface area contributed by atoms with Crippen LogP contribution in [0.4, 0.5) is 11.4 Å². The van der Waals surface area contributed by atoms with Gasteiger partial charge in [0.15, 0.2) is 0 Å². The molecule has 1 aliphatic carbocycles. The molecule has 0 heterocycles. The van der Waals surface area contributed by atoms with E-state index in [-0.39, 0.29) is 17.7 Å². The number of hydrogen-bond donors (Lipinski definition) is 2. The number of sulfonamides is 1. The summed E-state index contributed by atoms with van der Waals surface area (Å²) in [7, 11) is -3.18. The molecule has 0 bridgehead atoms. The summed E-state index contributed by atoms with van der Waals surface area (Å²) in [6.45, 7) is 2.20. The van der Waals surface area contributed by atoms with Crippen molar-refractivity contribution in [2.75, 3.05) is 17.7 Å². The smallest absolute Gasteiger partial charge is 0.211 e. The molecule has 0 unspecified atom stereocenters. The third-order valence-corrected chi connectivity index (χ3v) is 6.42. The highest BCUT2D eigenvalue weighted by Crippen LogP contribution is 2.27. The Morgan fingerprint density at radius 3 is 2.33 bits per heavy atom. The molecule has 6 heteroatoms. The maximum atomic E-state index is 11.9. The first-order valence-electron chi connectivity index (χ1n) is 9.60. The van der Waals surface area contributed by atoms with Gasteiger partial charge in [0.1, 0.15) is 5.75 Å². The number of anilines is 2. The van der Waals surface area contributed by atoms with Gasteiger partial charge in [0.25, 0.3) is 0 Å². The fourth-order valence-corrected chi connectivity index (χ4v) is 4.34. The number of para-hydroxylation sites is 1. The van der Waals surface area contributed by atoms with Crippen LogP contribution >= 0.6 is 0 Å². The van der Waals surface area contributed by atoms with Crippen molar-refractivity contribution >= 4 is 21.4 Å². The van der Waals surface area contributed by atoms with Gasteiger partial charge in [0.2, 0.25) is 10.0 Å². The molecule has 2 atom stereocenters. The van der Waals surface area contributed by atoms with Gasteiger partial charge in [-0.2, -0.15) is 0 Å².